The summed E-state index contributed by atoms with van der Waals surface area (Å²) in [7, 11) is 0. The van der Waals surface area contributed by atoms with Crippen LogP contribution >= 0.6 is 0 Å². The van der Waals surface area contributed by atoms with E-state index in [1.807, 2.05) is 18.2 Å². The number of nitrogens with one attached hydrogen (secondary N) is 1. The van der Waals surface area contributed by atoms with E-state index in [2.05, 4.69) is 5.32 Å². The predicted molar refractivity (Wildman–Crippen MR) is 62.0 cm³/mol. The van der Waals surface area contributed by atoms with Crippen LogP contribution in [0.4, 0.5) is 13.2 Å². The zero-order chi connectivity index (χ0) is 13.0. The summed E-state index contributed by atoms with van der Waals surface area (Å²) in [6.07, 6.45) is -1.89. The van der Waals surface area contributed by atoms with Crippen molar-refractivity contribution < 1.29 is 17.9 Å². The van der Waals surface area contributed by atoms with Gasteiger partial charge in [0.05, 0.1) is 6.61 Å². The lowest BCUT2D eigenvalue weighted by atomic mass is 10.1. The highest BCUT2D eigenvalue weighted by Gasteiger charge is 2.27. The SMILES string of the molecule is FC(F)(F)COCc1ccccc1CNC1CC1. The van der Waals surface area contributed by atoms with E-state index in [0.29, 0.717) is 12.6 Å². The molecule has 0 unspecified atom stereocenters. The van der Waals surface area contributed by atoms with Gasteiger partial charge in [0.1, 0.15) is 6.61 Å². The summed E-state index contributed by atoms with van der Waals surface area (Å²) in [6, 6.07) is 8.00. The van der Waals surface area contributed by atoms with Crippen LogP contribution in [0.1, 0.15) is 24.0 Å². The minimum atomic E-state index is -4.26. The first kappa shape index (κ1) is 13.4. The molecule has 1 saturated carbocycles. The maximum Gasteiger partial charge on any atom is 0.411 e. The van der Waals surface area contributed by atoms with Crippen LogP contribution in [-0.2, 0) is 17.9 Å². The highest BCUT2D eigenvalue weighted by Crippen LogP contribution is 2.21. The molecule has 0 saturated heterocycles. The van der Waals surface area contributed by atoms with E-state index in [-0.39, 0.29) is 6.61 Å². The number of ether oxygens (including phenoxy) is 1. The summed E-state index contributed by atoms with van der Waals surface area (Å²) in [6.45, 7) is -0.504. The second-order valence-corrected chi connectivity index (χ2v) is 4.53. The number of halogens is 3. The third kappa shape index (κ3) is 4.66. The van der Waals surface area contributed by atoms with Crippen molar-refractivity contribution in [3.63, 3.8) is 0 Å². The Morgan fingerprint density at radius 1 is 1.17 bits per heavy atom. The molecule has 18 heavy (non-hydrogen) atoms. The van der Waals surface area contributed by atoms with Crippen molar-refractivity contribution in [2.45, 2.75) is 38.2 Å². The predicted octanol–water partition coefficient (Wildman–Crippen LogP) is 3.02. The molecular weight excluding hydrogens is 243 g/mol. The average Bonchev–Trinajstić information content (AvgIpc) is 3.10. The lowest BCUT2D eigenvalue weighted by Gasteiger charge is -2.12. The smallest absolute Gasteiger partial charge is 0.367 e. The number of rotatable bonds is 6. The van der Waals surface area contributed by atoms with E-state index in [0.717, 1.165) is 11.1 Å². The van der Waals surface area contributed by atoms with Gasteiger partial charge >= 0.3 is 6.18 Å². The van der Waals surface area contributed by atoms with Gasteiger partial charge in [-0.2, -0.15) is 13.2 Å². The van der Waals surface area contributed by atoms with Crippen LogP contribution < -0.4 is 5.32 Å². The van der Waals surface area contributed by atoms with E-state index in [1.54, 1.807) is 6.07 Å². The van der Waals surface area contributed by atoms with Gasteiger partial charge in [0, 0.05) is 12.6 Å². The molecule has 1 fully saturated rings. The molecule has 2 rings (SSSR count). The molecule has 1 aromatic carbocycles. The first-order valence-corrected chi connectivity index (χ1v) is 5.99. The van der Waals surface area contributed by atoms with Gasteiger partial charge in [0.25, 0.3) is 0 Å². The third-order valence-electron chi connectivity index (χ3n) is 2.80. The molecule has 0 heterocycles. The van der Waals surface area contributed by atoms with Gasteiger partial charge in [0.2, 0.25) is 0 Å². The first-order valence-electron chi connectivity index (χ1n) is 5.99. The van der Waals surface area contributed by atoms with Crippen LogP contribution in [0.5, 0.6) is 0 Å². The van der Waals surface area contributed by atoms with Crippen LogP contribution in [0.3, 0.4) is 0 Å². The minimum absolute atomic E-state index is 0.00201. The number of hydrogen-bond acceptors (Lipinski definition) is 2. The molecule has 0 spiro atoms. The van der Waals surface area contributed by atoms with Gasteiger partial charge in [-0.05, 0) is 24.0 Å². The highest BCUT2D eigenvalue weighted by atomic mass is 19.4. The van der Waals surface area contributed by atoms with Crippen LogP contribution in [0.2, 0.25) is 0 Å². The number of alkyl halides is 3. The van der Waals surface area contributed by atoms with E-state index < -0.39 is 12.8 Å². The molecule has 0 bridgehead atoms. The fourth-order valence-electron chi connectivity index (χ4n) is 1.69. The summed E-state index contributed by atoms with van der Waals surface area (Å²) < 4.78 is 40.6. The zero-order valence-corrected chi connectivity index (χ0v) is 9.96. The van der Waals surface area contributed by atoms with Gasteiger partial charge in [-0.25, -0.2) is 0 Å². The normalized spacial score (nSPS) is 15.9. The van der Waals surface area contributed by atoms with Crippen molar-refractivity contribution in [3.05, 3.63) is 35.4 Å². The monoisotopic (exact) mass is 259 g/mol. The summed E-state index contributed by atoms with van der Waals surface area (Å²) in [4.78, 5) is 0. The van der Waals surface area contributed by atoms with Crippen molar-refractivity contribution in [1.82, 2.24) is 5.32 Å². The molecule has 5 heteroatoms. The summed E-state index contributed by atoms with van der Waals surface area (Å²) >= 11 is 0. The highest BCUT2D eigenvalue weighted by molar-refractivity contribution is 5.26. The van der Waals surface area contributed by atoms with Crippen LogP contribution in [0.15, 0.2) is 24.3 Å². The molecule has 2 nitrogen and oxygen atoms in total. The van der Waals surface area contributed by atoms with Gasteiger partial charge in [-0.15, -0.1) is 0 Å². The molecule has 0 radical (unpaired) electrons. The Labute approximate surface area is 104 Å². The quantitative estimate of drug-likeness (QED) is 0.848. The lowest BCUT2D eigenvalue weighted by molar-refractivity contribution is -0.176. The fourth-order valence-corrected chi connectivity index (χ4v) is 1.69. The van der Waals surface area contributed by atoms with Gasteiger partial charge in [-0.3, -0.25) is 0 Å². The lowest BCUT2D eigenvalue weighted by Crippen LogP contribution is -2.19. The molecule has 1 aromatic rings. The Bertz CT molecular complexity index is 388. The van der Waals surface area contributed by atoms with Crippen molar-refractivity contribution in [1.29, 1.82) is 0 Å². The Balaban J connectivity index is 1.85. The average molecular weight is 259 g/mol. The molecule has 1 aliphatic carbocycles. The Kier molecular flexibility index (Phi) is 4.24. The fraction of sp³-hybridized carbons (Fsp3) is 0.538. The topological polar surface area (TPSA) is 21.3 Å². The molecule has 0 atom stereocenters. The molecule has 0 amide bonds. The van der Waals surface area contributed by atoms with E-state index >= 15 is 0 Å². The molecular formula is C13H16F3NO. The van der Waals surface area contributed by atoms with Crippen molar-refractivity contribution in [3.8, 4) is 0 Å². The standard InChI is InChI=1S/C13H16F3NO/c14-13(15,16)9-18-8-11-4-2-1-3-10(11)7-17-12-5-6-12/h1-4,12,17H,5-9H2. The van der Waals surface area contributed by atoms with Gasteiger partial charge < -0.3 is 10.1 Å². The largest absolute Gasteiger partial charge is 0.411 e. The maximum atomic E-state index is 12.0. The van der Waals surface area contributed by atoms with Crippen molar-refractivity contribution in [2.24, 2.45) is 0 Å². The second-order valence-electron chi connectivity index (χ2n) is 4.53. The minimum Gasteiger partial charge on any atom is -0.367 e. The summed E-state index contributed by atoms with van der Waals surface area (Å²) in [5.74, 6) is 0. The summed E-state index contributed by atoms with van der Waals surface area (Å²) in [5.41, 5.74) is 1.82. The molecule has 0 aliphatic heterocycles. The molecule has 100 valence electrons. The molecule has 1 aliphatic rings. The van der Waals surface area contributed by atoms with Crippen molar-refractivity contribution in [2.75, 3.05) is 6.61 Å². The van der Waals surface area contributed by atoms with Crippen LogP contribution in [0, 0.1) is 0 Å². The third-order valence-corrected chi connectivity index (χ3v) is 2.80. The van der Waals surface area contributed by atoms with Gasteiger partial charge in [-0.1, -0.05) is 24.3 Å². The Morgan fingerprint density at radius 3 is 2.44 bits per heavy atom. The maximum absolute atomic E-state index is 12.0. The molecule has 0 aromatic heterocycles. The van der Waals surface area contributed by atoms with E-state index in [9.17, 15) is 13.2 Å². The Morgan fingerprint density at radius 2 is 1.83 bits per heavy atom. The molecule has 1 N–H and O–H groups in total. The second kappa shape index (κ2) is 5.71. The Hall–Kier alpha value is -1.07. The summed E-state index contributed by atoms with van der Waals surface area (Å²) in [5, 5.41) is 3.34. The first-order chi connectivity index (χ1) is 8.54. The number of hydrogen-bond donors (Lipinski definition) is 1. The zero-order valence-electron chi connectivity index (χ0n) is 9.96. The number of benzene rings is 1. The van der Waals surface area contributed by atoms with Crippen molar-refractivity contribution >= 4 is 0 Å². The van der Waals surface area contributed by atoms with E-state index in [1.165, 1.54) is 12.8 Å². The van der Waals surface area contributed by atoms with Gasteiger partial charge in [0.15, 0.2) is 0 Å². The van der Waals surface area contributed by atoms with Crippen LogP contribution in [0.25, 0.3) is 0 Å². The van der Waals surface area contributed by atoms with E-state index in [4.69, 9.17) is 4.74 Å². The van der Waals surface area contributed by atoms with Crippen LogP contribution in [-0.4, -0.2) is 18.8 Å².